The maximum Gasteiger partial charge on any atom is 0.137 e. The number of anilines is 1. The molecule has 1 aliphatic rings. The van der Waals surface area contributed by atoms with E-state index in [0.717, 1.165) is 36.1 Å². The van der Waals surface area contributed by atoms with Gasteiger partial charge in [-0.15, -0.1) is 0 Å². The zero-order valence-electron chi connectivity index (χ0n) is 11.7. The van der Waals surface area contributed by atoms with Crippen molar-refractivity contribution in [2.24, 2.45) is 5.92 Å². The van der Waals surface area contributed by atoms with Crippen molar-refractivity contribution in [3.8, 4) is 0 Å². The fraction of sp³-hybridized carbons (Fsp3) is 0.714. The van der Waals surface area contributed by atoms with Crippen LogP contribution in [-0.2, 0) is 6.42 Å². The van der Waals surface area contributed by atoms with Crippen molar-refractivity contribution in [2.45, 2.75) is 53.0 Å². The van der Waals surface area contributed by atoms with Crippen molar-refractivity contribution >= 4 is 17.4 Å². The fourth-order valence-electron chi connectivity index (χ4n) is 2.68. The molecule has 0 saturated carbocycles. The normalized spacial score (nSPS) is 24.4. The lowest BCUT2D eigenvalue weighted by molar-refractivity contribution is 0.375. The lowest BCUT2D eigenvalue weighted by Gasteiger charge is -2.38. The molecule has 0 radical (unpaired) electrons. The van der Waals surface area contributed by atoms with E-state index >= 15 is 0 Å². The van der Waals surface area contributed by atoms with Gasteiger partial charge in [-0.1, -0.05) is 25.4 Å². The monoisotopic (exact) mass is 267 g/mol. The van der Waals surface area contributed by atoms with Gasteiger partial charge in [0, 0.05) is 24.6 Å². The van der Waals surface area contributed by atoms with Crippen molar-refractivity contribution in [1.82, 2.24) is 9.97 Å². The third-order valence-electron chi connectivity index (χ3n) is 3.83. The van der Waals surface area contributed by atoms with E-state index in [4.69, 9.17) is 11.6 Å². The second-order valence-corrected chi connectivity index (χ2v) is 5.76. The zero-order valence-corrected chi connectivity index (χ0v) is 12.5. The topological polar surface area (TPSA) is 29.0 Å². The number of aryl methyl sites for hydroxylation is 1. The molecule has 0 amide bonds. The molecule has 18 heavy (non-hydrogen) atoms. The Morgan fingerprint density at radius 2 is 2.06 bits per heavy atom. The fourth-order valence-corrected chi connectivity index (χ4v) is 2.86. The highest BCUT2D eigenvalue weighted by Crippen LogP contribution is 2.30. The average Bonchev–Trinajstić information content (AvgIpc) is 2.33. The van der Waals surface area contributed by atoms with E-state index in [1.807, 2.05) is 6.92 Å². The molecule has 4 heteroatoms. The highest BCUT2D eigenvalue weighted by molar-refractivity contribution is 6.30. The van der Waals surface area contributed by atoms with Gasteiger partial charge in [0.15, 0.2) is 0 Å². The lowest BCUT2D eigenvalue weighted by Crippen LogP contribution is -2.41. The number of hydrogen-bond acceptors (Lipinski definition) is 3. The molecule has 1 aliphatic heterocycles. The summed E-state index contributed by atoms with van der Waals surface area (Å²) >= 11 is 6.22. The Balaban J connectivity index is 2.35. The molecule has 0 spiro atoms. The summed E-state index contributed by atoms with van der Waals surface area (Å²) in [4.78, 5) is 11.4. The van der Waals surface area contributed by atoms with Crippen LogP contribution >= 0.6 is 11.6 Å². The van der Waals surface area contributed by atoms with Crippen LogP contribution in [0.5, 0.6) is 0 Å². The molecule has 2 unspecified atom stereocenters. The van der Waals surface area contributed by atoms with E-state index in [1.165, 1.54) is 12.8 Å². The largest absolute Gasteiger partial charge is 0.354 e. The predicted octanol–water partition coefficient (Wildman–Crippen LogP) is 3.63. The van der Waals surface area contributed by atoms with Crippen molar-refractivity contribution < 1.29 is 0 Å². The summed E-state index contributed by atoms with van der Waals surface area (Å²) in [5, 5.41) is 0.600. The van der Waals surface area contributed by atoms with Gasteiger partial charge < -0.3 is 4.90 Å². The van der Waals surface area contributed by atoms with Crippen LogP contribution in [0.3, 0.4) is 0 Å². The molecule has 2 heterocycles. The minimum absolute atomic E-state index is 0.531. The van der Waals surface area contributed by atoms with Gasteiger partial charge in [0.2, 0.25) is 0 Å². The van der Waals surface area contributed by atoms with Crippen LogP contribution in [0, 0.1) is 12.8 Å². The predicted molar refractivity (Wildman–Crippen MR) is 76.4 cm³/mol. The molecule has 2 rings (SSSR count). The van der Waals surface area contributed by atoms with E-state index in [9.17, 15) is 0 Å². The number of halogens is 1. The van der Waals surface area contributed by atoms with E-state index in [0.29, 0.717) is 11.2 Å². The van der Waals surface area contributed by atoms with E-state index < -0.39 is 0 Å². The second-order valence-electron chi connectivity index (χ2n) is 5.40. The third-order valence-corrected chi connectivity index (χ3v) is 4.20. The van der Waals surface area contributed by atoms with Crippen LogP contribution in [0.4, 0.5) is 5.82 Å². The van der Waals surface area contributed by atoms with Crippen molar-refractivity contribution in [2.75, 3.05) is 11.4 Å². The molecule has 1 saturated heterocycles. The van der Waals surface area contributed by atoms with Crippen LogP contribution in [0.15, 0.2) is 0 Å². The maximum atomic E-state index is 6.22. The molecular weight excluding hydrogens is 246 g/mol. The third kappa shape index (κ3) is 2.61. The Morgan fingerprint density at radius 1 is 1.33 bits per heavy atom. The van der Waals surface area contributed by atoms with Crippen LogP contribution in [0.2, 0.25) is 5.15 Å². The van der Waals surface area contributed by atoms with Crippen molar-refractivity contribution in [1.29, 1.82) is 0 Å². The number of rotatable bonds is 2. The first-order valence-electron chi connectivity index (χ1n) is 6.82. The molecule has 100 valence electrons. The first kappa shape index (κ1) is 13.6. The summed E-state index contributed by atoms with van der Waals surface area (Å²) in [6.07, 6.45) is 3.28. The first-order chi connectivity index (χ1) is 8.52. The van der Waals surface area contributed by atoms with Gasteiger partial charge in [-0.25, -0.2) is 9.97 Å². The van der Waals surface area contributed by atoms with Gasteiger partial charge in [0.05, 0.1) is 0 Å². The molecule has 1 fully saturated rings. The van der Waals surface area contributed by atoms with Crippen molar-refractivity contribution in [3.63, 3.8) is 0 Å². The van der Waals surface area contributed by atoms with Gasteiger partial charge in [0.25, 0.3) is 0 Å². The van der Waals surface area contributed by atoms with Gasteiger partial charge in [0.1, 0.15) is 16.8 Å². The van der Waals surface area contributed by atoms with E-state index in [-0.39, 0.29) is 0 Å². The summed E-state index contributed by atoms with van der Waals surface area (Å²) in [6, 6.07) is 0.531. The molecule has 3 nitrogen and oxygen atoms in total. The standard InChI is InChI=1S/C14H22ClN3/c1-5-12-16-13(15)11(4)14(17-12)18-7-6-9(2)8-10(18)3/h9-10H,5-8H2,1-4H3. The number of piperidine rings is 1. The van der Waals surface area contributed by atoms with Gasteiger partial charge in [-0.2, -0.15) is 0 Å². The molecule has 0 aromatic carbocycles. The maximum absolute atomic E-state index is 6.22. The number of aromatic nitrogens is 2. The van der Waals surface area contributed by atoms with E-state index in [1.54, 1.807) is 0 Å². The quantitative estimate of drug-likeness (QED) is 0.767. The molecule has 0 bridgehead atoms. The van der Waals surface area contributed by atoms with Crippen molar-refractivity contribution in [3.05, 3.63) is 16.5 Å². The average molecular weight is 268 g/mol. The minimum Gasteiger partial charge on any atom is -0.354 e. The smallest absolute Gasteiger partial charge is 0.137 e. The summed E-state index contributed by atoms with van der Waals surface area (Å²) in [5.41, 5.74) is 1.01. The molecule has 0 aliphatic carbocycles. The summed E-state index contributed by atoms with van der Waals surface area (Å²) < 4.78 is 0. The van der Waals surface area contributed by atoms with Crippen LogP contribution in [-0.4, -0.2) is 22.6 Å². The van der Waals surface area contributed by atoms with E-state index in [2.05, 4.69) is 35.6 Å². The number of nitrogens with zero attached hydrogens (tertiary/aromatic N) is 3. The molecule has 1 aromatic heterocycles. The molecule has 1 aromatic rings. The Morgan fingerprint density at radius 3 is 2.67 bits per heavy atom. The zero-order chi connectivity index (χ0) is 13.3. The SMILES string of the molecule is CCc1nc(Cl)c(C)c(N2CCC(C)CC2C)n1. The molecular formula is C14H22ClN3. The van der Waals surface area contributed by atoms with Gasteiger partial charge in [-0.3, -0.25) is 0 Å². The summed E-state index contributed by atoms with van der Waals surface area (Å²) in [7, 11) is 0. The van der Waals surface area contributed by atoms with Gasteiger partial charge in [-0.05, 0) is 32.6 Å². The summed E-state index contributed by atoms with van der Waals surface area (Å²) in [6.45, 7) is 9.75. The molecule has 2 atom stereocenters. The summed E-state index contributed by atoms with van der Waals surface area (Å²) in [5.74, 6) is 2.68. The first-order valence-corrected chi connectivity index (χ1v) is 7.20. The van der Waals surface area contributed by atoms with Crippen LogP contribution < -0.4 is 4.90 Å². The number of hydrogen-bond donors (Lipinski definition) is 0. The van der Waals surface area contributed by atoms with Gasteiger partial charge >= 0.3 is 0 Å². The Kier molecular flexibility index (Phi) is 4.10. The molecule has 0 N–H and O–H groups in total. The lowest BCUT2D eigenvalue weighted by atomic mass is 9.93. The minimum atomic E-state index is 0.531. The Labute approximate surface area is 115 Å². The highest BCUT2D eigenvalue weighted by Gasteiger charge is 2.26. The Bertz CT molecular complexity index is 433. The second kappa shape index (κ2) is 5.43. The van der Waals surface area contributed by atoms with Crippen LogP contribution in [0.1, 0.15) is 45.0 Å². The van der Waals surface area contributed by atoms with Crippen LogP contribution in [0.25, 0.3) is 0 Å². The Hall–Kier alpha value is -0.830. The highest BCUT2D eigenvalue weighted by atomic mass is 35.5.